The highest BCUT2D eigenvalue weighted by molar-refractivity contribution is 5.66. The van der Waals surface area contributed by atoms with Crippen molar-refractivity contribution in [3.63, 3.8) is 0 Å². The largest absolute Gasteiger partial charge is 0.482 e. The number of unbranched alkanes of at least 4 members (excludes halogenated alkanes) is 15. The second-order valence-electron chi connectivity index (χ2n) is 8.02. The molecule has 0 saturated heterocycles. The van der Waals surface area contributed by atoms with Crippen LogP contribution in [0.25, 0.3) is 0 Å². The van der Waals surface area contributed by atoms with E-state index in [4.69, 9.17) is 5.11 Å². The van der Waals surface area contributed by atoms with Gasteiger partial charge in [-0.3, -0.25) is 9.79 Å². The molecule has 0 spiro atoms. The topological polar surface area (TPSA) is 58.9 Å². The summed E-state index contributed by atoms with van der Waals surface area (Å²) < 4.78 is 4.65. The Balaban J connectivity index is 0.00000135. The van der Waals surface area contributed by atoms with Gasteiger partial charge in [-0.2, -0.15) is 0 Å². The Morgan fingerprint density at radius 2 is 1.31 bits per heavy atom. The lowest BCUT2D eigenvalue weighted by Gasteiger charge is -2.01. The minimum absolute atomic E-state index is 0.340. The molecule has 0 fully saturated rings. The first-order valence-electron chi connectivity index (χ1n) is 12.2. The summed E-state index contributed by atoms with van der Waals surface area (Å²) in [6, 6.07) is 0. The van der Waals surface area contributed by atoms with Gasteiger partial charge in [-0.15, -0.1) is 0 Å². The van der Waals surface area contributed by atoms with Crippen LogP contribution in [-0.2, 0) is 9.53 Å². The molecule has 1 aliphatic heterocycles. The van der Waals surface area contributed by atoms with Crippen LogP contribution in [0.15, 0.2) is 17.1 Å². The van der Waals surface area contributed by atoms with Crippen molar-refractivity contribution in [3.8, 4) is 0 Å². The van der Waals surface area contributed by atoms with E-state index in [2.05, 4.69) is 28.8 Å². The minimum atomic E-state index is -0.656. The van der Waals surface area contributed by atoms with Crippen molar-refractivity contribution in [1.29, 1.82) is 0 Å². The van der Waals surface area contributed by atoms with Gasteiger partial charge in [0.15, 0.2) is 6.40 Å². The average Bonchev–Trinajstić information content (AvgIpc) is 3.30. The Hall–Kier alpha value is -1.32. The van der Waals surface area contributed by atoms with E-state index in [-0.39, 0.29) is 0 Å². The first-order chi connectivity index (χ1) is 14.3. The molecular formula is C25H47NO3. The fourth-order valence-electron chi connectivity index (χ4n) is 3.32. The molecule has 0 aliphatic carbocycles. The molecule has 170 valence electrons. The molecule has 4 heteroatoms. The van der Waals surface area contributed by atoms with Crippen LogP contribution in [-0.4, -0.2) is 30.6 Å². The normalized spacial score (nSPS) is 12.7. The minimum Gasteiger partial charge on any atom is -0.482 e. The number of carboxylic acids is 1. The van der Waals surface area contributed by atoms with Crippen molar-refractivity contribution in [2.75, 3.05) is 13.2 Å². The van der Waals surface area contributed by atoms with Crippen molar-refractivity contribution in [1.82, 2.24) is 0 Å². The molecule has 0 aromatic heterocycles. The molecular weight excluding hydrogens is 362 g/mol. The Kier molecular flexibility index (Phi) is 23.6. The molecule has 0 aromatic carbocycles. The quantitative estimate of drug-likeness (QED) is 0.175. The van der Waals surface area contributed by atoms with Gasteiger partial charge in [0.05, 0.1) is 6.54 Å². The van der Waals surface area contributed by atoms with E-state index in [0.717, 1.165) is 26.0 Å². The maximum Gasteiger partial charge on any atom is 0.303 e. The Bertz CT molecular complexity index is 388. The van der Waals surface area contributed by atoms with E-state index in [1.54, 1.807) is 0 Å². The summed E-state index contributed by atoms with van der Waals surface area (Å²) in [5.74, 6) is -0.656. The standard InChI is InChI=1S/C22H42O2.C3H5NO/c1-2-3-4-5-6-7-8-9-10-11-12-13-14-15-16-17-18-19-20-21-22(23)24;1-2-5-3-4-1/h9-10H,2-8,11-21H2,1H3,(H,23,24);3H,1-2H2/b10-9-;. The van der Waals surface area contributed by atoms with Gasteiger partial charge >= 0.3 is 5.97 Å². The van der Waals surface area contributed by atoms with Crippen LogP contribution in [0.5, 0.6) is 0 Å². The maximum absolute atomic E-state index is 10.4. The first-order valence-corrected chi connectivity index (χ1v) is 12.2. The second-order valence-corrected chi connectivity index (χ2v) is 8.02. The number of nitrogens with zero attached hydrogens (tertiary/aromatic N) is 1. The zero-order chi connectivity index (χ0) is 21.3. The van der Waals surface area contributed by atoms with E-state index in [0.29, 0.717) is 6.42 Å². The number of rotatable bonds is 19. The third-order valence-corrected chi connectivity index (χ3v) is 5.14. The van der Waals surface area contributed by atoms with Crippen LogP contribution < -0.4 is 0 Å². The monoisotopic (exact) mass is 409 g/mol. The van der Waals surface area contributed by atoms with Gasteiger partial charge in [-0.25, -0.2) is 0 Å². The number of ether oxygens (including phenoxy) is 1. The summed E-state index contributed by atoms with van der Waals surface area (Å²) in [4.78, 5) is 14.1. The molecule has 0 radical (unpaired) electrons. The number of carboxylic acid groups (broad SMARTS) is 1. The summed E-state index contributed by atoms with van der Waals surface area (Å²) in [6.45, 7) is 3.90. The SMILES string of the molecule is C1=NCCO1.CCCCCCCC/C=C\CCCCCCCCCCCC(=O)O. The lowest BCUT2D eigenvalue weighted by atomic mass is 10.1. The van der Waals surface area contributed by atoms with Crippen LogP contribution in [0, 0.1) is 0 Å². The lowest BCUT2D eigenvalue weighted by molar-refractivity contribution is -0.137. The van der Waals surface area contributed by atoms with E-state index < -0.39 is 5.97 Å². The predicted octanol–water partition coefficient (Wildman–Crippen LogP) is 7.71. The number of allylic oxidation sites excluding steroid dienone is 2. The Labute approximate surface area is 180 Å². The molecule has 0 bridgehead atoms. The highest BCUT2D eigenvalue weighted by Crippen LogP contribution is 2.12. The number of carbonyl (C=O) groups is 1. The number of aliphatic carboxylic acids is 1. The van der Waals surface area contributed by atoms with E-state index in [1.165, 1.54) is 103 Å². The number of aliphatic imine (C=N–C) groups is 1. The second kappa shape index (κ2) is 24.7. The van der Waals surface area contributed by atoms with E-state index in [9.17, 15) is 4.79 Å². The predicted molar refractivity (Wildman–Crippen MR) is 125 cm³/mol. The third kappa shape index (κ3) is 26.7. The van der Waals surface area contributed by atoms with Crippen molar-refractivity contribution in [3.05, 3.63) is 12.2 Å². The fourth-order valence-corrected chi connectivity index (χ4v) is 3.32. The Morgan fingerprint density at radius 3 is 1.69 bits per heavy atom. The van der Waals surface area contributed by atoms with Crippen LogP contribution >= 0.6 is 0 Å². The zero-order valence-corrected chi connectivity index (χ0v) is 19.1. The lowest BCUT2D eigenvalue weighted by Crippen LogP contribution is -1.93. The maximum atomic E-state index is 10.4. The van der Waals surface area contributed by atoms with Gasteiger partial charge in [-0.1, -0.05) is 96.1 Å². The van der Waals surface area contributed by atoms with Gasteiger partial charge in [0, 0.05) is 6.42 Å². The molecule has 1 rings (SSSR count). The van der Waals surface area contributed by atoms with E-state index in [1.807, 2.05) is 0 Å². The molecule has 0 amide bonds. The smallest absolute Gasteiger partial charge is 0.303 e. The highest BCUT2D eigenvalue weighted by Gasteiger charge is 1.96. The van der Waals surface area contributed by atoms with Crippen LogP contribution in [0.4, 0.5) is 0 Å². The zero-order valence-electron chi connectivity index (χ0n) is 19.1. The number of hydrogen-bond donors (Lipinski definition) is 1. The summed E-state index contributed by atoms with van der Waals surface area (Å²) >= 11 is 0. The fraction of sp³-hybridized carbons (Fsp3) is 0.840. The van der Waals surface area contributed by atoms with Gasteiger partial charge in [0.2, 0.25) is 0 Å². The molecule has 0 saturated carbocycles. The summed E-state index contributed by atoms with van der Waals surface area (Å²) in [5, 5.41) is 8.55. The molecule has 4 nitrogen and oxygen atoms in total. The van der Waals surface area contributed by atoms with Gasteiger partial charge in [0.1, 0.15) is 6.61 Å². The van der Waals surface area contributed by atoms with Crippen LogP contribution in [0.1, 0.15) is 122 Å². The van der Waals surface area contributed by atoms with Crippen molar-refractivity contribution in [2.45, 2.75) is 122 Å². The van der Waals surface area contributed by atoms with Crippen LogP contribution in [0.3, 0.4) is 0 Å². The van der Waals surface area contributed by atoms with E-state index >= 15 is 0 Å². The first kappa shape index (κ1) is 27.7. The molecule has 0 unspecified atom stereocenters. The molecule has 1 aliphatic rings. The van der Waals surface area contributed by atoms with Gasteiger partial charge in [-0.05, 0) is 32.1 Å². The molecule has 1 N–H and O–H groups in total. The third-order valence-electron chi connectivity index (χ3n) is 5.14. The molecule has 0 aromatic rings. The van der Waals surface area contributed by atoms with Gasteiger partial charge < -0.3 is 9.84 Å². The average molecular weight is 410 g/mol. The Morgan fingerprint density at radius 1 is 0.828 bits per heavy atom. The van der Waals surface area contributed by atoms with Gasteiger partial charge in [0.25, 0.3) is 0 Å². The highest BCUT2D eigenvalue weighted by atomic mass is 16.5. The van der Waals surface area contributed by atoms with Crippen molar-refractivity contribution >= 4 is 12.4 Å². The molecule has 1 heterocycles. The number of hydrogen-bond acceptors (Lipinski definition) is 3. The molecule has 29 heavy (non-hydrogen) atoms. The van der Waals surface area contributed by atoms with Crippen molar-refractivity contribution in [2.24, 2.45) is 4.99 Å². The summed E-state index contributed by atoms with van der Waals surface area (Å²) in [7, 11) is 0. The summed E-state index contributed by atoms with van der Waals surface area (Å²) in [5.41, 5.74) is 0. The molecule has 0 atom stereocenters. The van der Waals surface area contributed by atoms with Crippen molar-refractivity contribution < 1.29 is 14.6 Å². The summed E-state index contributed by atoms with van der Waals surface area (Å²) in [6.07, 6.45) is 28.6. The van der Waals surface area contributed by atoms with Crippen LogP contribution in [0.2, 0.25) is 0 Å².